The number of hydrogen-bond acceptors (Lipinski definition) is 2. The largest absolute Gasteiger partial charge is 0.414 e. The molecule has 0 aliphatic heterocycles. The van der Waals surface area contributed by atoms with Gasteiger partial charge in [0, 0.05) is 5.56 Å². The first-order valence-corrected chi connectivity index (χ1v) is 4.54. The molecular formula is C10H9F4NO2. The van der Waals surface area contributed by atoms with Crippen molar-refractivity contribution in [1.82, 2.24) is 5.48 Å². The predicted molar refractivity (Wildman–Crippen MR) is 50.6 cm³/mol. The van der Waals surface area contributed by atoms with Crippen LogP contribution in [0.3, 0.4) is 0 Å². The van der Waals surface area contributed by atoms with Gasteiger partial charge < -0.3 is 0 Å². The summed E-state index contributed by atoms with van der Waals surface area (Å²) in [7, 11) is 0. The van der Waals surface area contributed by atoms with Gasteiger partial charge in [-0.15, -0.1) is 0 Å². The molecule has 0 radical (unpaired) electrons. The minimum atomic E-state index is -4.54. The second-order valence-electron chi connectivity index (χ2n) is 3.29. The highest BCUT2D eigenvalue weighted by Gasteiger charge is 2.28. The summed E-state index contributed by atoms with van der Waals surface area (Å²) in [5, 5.41) is 0. The van der Waals surface area contributed by atoms with E-state index in [9.17, 15) is 22.4 Å². The maximum absolute atomic E-state index is 12.8. The van der Waals surface area contributed by atoms with Crippen LogP contribution in [0.5, 0.6) is 0 Å². The molecule has 0 atom stereocenters. The zero-order valence-corrected chi connectivity index (χ0v) is 8.77. The maximum atomic E-state index is 12.8. The van der Waals surface area contributed by atoms with Crippen LogP contribution in [0.1, 0.15) is 15.9 Å². The molecule has 0 aromatic heterocycles. The van der Waals surface area contributed by atoms with Gasteiger partial charge in [-0.1, -0.05) is 6.07 Å². The van der Waals surface area contributed by atoms with Crippen molar-refractivity contribution in [2.75, 3.05) is 6.61 Å². The maximum Gasteiger partial charge on any atom is 0.414 e. The Morgan fingerprint density at radius 1 is 1.41 bits per heavy atom. The summed E-state index contributed by atoms with van der Waals surface area (Å²) in [6, 6.07) is 3.40. The summed E-state index contributed by atoms with van der Waals surface area (Å²) in [4.78, 5) is 15.3. The second kappa shape index (κ2) is 5.13. The normalized spacial score (nSPS) is 11.4. The summed E-state index contributed by atoms with van der Waals surface area (Å²) in [6.45, 7) is -0.0782. The van der Waals surface area contributed by atoms with Gasteiger partial charge in [-0.25, -0.2) is 9.87 Å². The van der Waals surface area contributed by atoms with Gasteiger partial charge in [0.2, 0.25) is 0 Å². The number of aryl methyl sites for hydroxylation is 1. The summed E-state index contributed by atoms with van der Waals surface area (Å²) in [6.07, 6.45) is -4.54. The first-order chi connectivity index (χ1) is 7.79. The van der Waals surface area contributed by atoms with E-state index in [0.717, 1.165) is 12.1 Å². The van der Waals surface area contributed by atoms with Gasteiger partial charge in [0.25, 0.3) is 5.91 Å². The number of carbonyl (C=O) groups excluding carboxylic acids is 1. The predicted octanol–water partition coefficient (Wildman–Crippen LogP) is 2.36. The highest BCUT2D eigenvalue weighted by Crippen LogP contribution is 2.14. The first-order valence-electron chi connectivity index (χ1n) is 4.54. The number of carbonyl (C=O) groups is 1. The lowest BCUT2D eigenvalue weighted by molar-refractivity contribution is -0.184. The van der Waals surface area contributed by atoms with Crippen LogP contribution in [0.4, 0.5) is 17.6 Å². The molecule has 0 saturated heterocycles. The number of alkyl halides is 3. The molecule has 1 aromatic carbocycles. The molecule has 0 aliphatic carbocycles. The lowest BCUT2D eigenvalue weighted by Gasteiger charge is -2.09. The summed E-state index contributed by atoms with van der Waals surface area (Å²) in [5.41, 5.74) is 1.95. The molecule has 1 aromatic rings. The molecule has 1 amide bonds. The lowest BCUT2D eigenvalue weighted by Crippen LogP contribution is -2.30. The summed E-state index contributed by atoms with van der Waals surface area (Å²) >= 11 is 0. The van der Waals surface area contributed by atoms with Crippen molar-refractivity contribution in [1.29, 1.82) is 0 Å². The number of hydrogen-bond donors (Lipinski definition) is 1. The van der Waals surface area contributed by atoms with Crippen molar-refractivity contribution in [3.63, 3.8) is 0 Å². The quantitative estimate of drug-likeness (QED) is 0.661. The van der Waals surface area contributed by atoms with Crippen molar-refractivity contribution >= 4 is 5.91 Å². The highest BCUT2D eigenvalue weighted by molar-refractivity contribution is 5.94. The van der Waals surface area contributed by atoms with Gasteiger partial charge in [-0.2, -0.15) is 13.2 Å². The zero-order valence-electron chi connectivity index (χ0n) is 8.77. The fourth-order valence-corrected chi connectivity index (χ4v) is 1.08. The summed E-state index contributed by atoms with van der Waals surface area (Å²) < 4.78 is 48.0. The van der Waals surface area contributed by atoms with Gasteiger partial charge in [-0.3, -0.25) is 9.63 Å². The monoisotopic (exact) mass is 251 g/mol. The molecule has 0 aliphatic rings. The summed E-state index contributed by atoms with van der Waals surface area (Å²) in [5.74, 6) is -1.58. The van der Waals surface area contributed by atoms with E-state index >= 15 is 0 Å². The second-order valence-corrected chi connectivity index (χ2v) is 3.29. The van der Waals surface area contributed by atoms with Crippen LogP contribution in [0.2, 0.25) is 0 Å². The van der Waals surface area contributed by atoms with E-state index in [4.69, 9.17) is 0 Å². The van der Waals surface area contributed by atoms with Crippen LogP contribution in [0.15, 0.2) is 18.2 Å². The molecular weight excluding hydrogens is 242 g/mol. The molecule has 0 bridgehead atoms. The average molecular weight is 251 g/mol. The Kier molecular flexibility index (Phi) is 4.06. The molecule has 1 N–H and O–H groups in total. The molecule has 0 fully saturated rings. The van der Waals surface area contributed by atoms with Crippen LogP contribution in [-0.2, 0) is 4.84 Å². The van der Waals surface area contributed by atoms with Crippen molar-refractivity contribution in [3.8, 4) is 0 Å². The van der Waals surface area contributed by atoms with Crippen molar-refractivity contribution in [3.05, 3.63) is 35.1 Å². The Morgan fingerprint density at radius 3 is 2.65 bits per heavy atom. The Morgan fingerprint density at radius 2 is 2.06 bits per heavy atom. The van der Waals surface area contributed by atoms with E-state index in [1.807, 2.05) is 0 Å². The van der Waals surface area contributed by atoms with Crippen molar-refractivity contribution in [2.24, 2.45) is 0 Å². The van der Waals surface area contributed by atoms with Gasteiger partial charge in [-0.05, 0) is 24.6 Å². The first kappa shape index (κ1) is 13.4. The van der Waals surface area contributed by atoms with Gasteiger partial charge in [0.05, 0.1) is 0 Å². The Hall–Kier alpha value is -1.63. The van der Waals surface area contributed by atoms with Crippen LogP contribution in [0, 0.1) is 12.7 Å². The molecule has 3 nitrogen and oxygen atoms in total. The van der Waals surface area contributed by atoms with Crippen LogP contribution >= 0.6 is 0 Å². The fourth-order valence-electron chi connectivity index (χ4n) is 1.08. The molecule has 0 saturated carbocycles. The highest BCUT2D eigenvalue weighted by atomic mass is 19.4. The van der Waals surface area contributed by atoms with E-state index in [0.29, 0.717) is 5.56 Å². The van der Waals surface area contributed by atoms with Crippen LogP contribution in [-0.4, -0.2) is 18.7 Å². The lowest BCUT2D eigenvalue weighted by atomic mass is 10.1. The molecule has 0 spiro atoms. The molecule has 1 rings (SSSR count). The minimum absolute atomic E-state index is 0.0767. The van der Waals surface area contributed by atoms with Gasteiger partial charge in [0.15, 0.2) is 6.61 Å². The number of benzene rings is 1. The van der Waals surface area contributed by atoms with Crippen LogP contribution in [0.25, 0.3) is 0 Å². The Balaban J connectivity index is 2.61. The van der Waals surface area contributed by atoms with Crippen molar-refractivity contribution < 1.29 is 27.2 Å². The third kappa shape index (κ3) is 4.39. The van der Waals surface area contributed by atoms with E-state index in [2.05, 4.69) is 4.84 Å². The molecule has 94 valence electrons. The van der Waals surface area contributed by atoms with Crippen LogP contribution < -0.4 is 5.48 Å². The standard InChI is InChI=1S/C10H9F4NO2/c1-6-2-3-7(11)4-8(6)9(16)15-17-5-10(12,13)14/h2-4H,5H2,1H3,(H,15,16). The van der Waals surface area contributed by atoms with E-state index in [-0.39, 0.29) is 5.56 Å². The van der Waals surface area contributed by atoms with Gasteiger partial charge in [0.1, 0.15) is 5.82 Å². The zero-order chi connectivity index (χ0) is 13.1. The topological polar surface area (TPSA) is 38.3 Å². The van der Waals surface area contributed by atoms with E-state index < -0.39 is 24.5 Å². The minimum Gasteiger partial charge on any atom is -0.267 e. The number of halogens is 4. The molecule has 17 heavy (non-hydrogen) atoms. The number of hydroxylamine groups is 1. The Bertz CT molecular complexity index is 417. The Labute approximate surface area is 94.3 Å². The molecule has 0 unspecified atom stereocenters. The average Bonchev–Trinajstić information content (AvgIpc) is 2.19. The van der Waals surface area contributed by atoms with E-state index in [1.54, 1.807) is 5.48 Å². The third-order valence-electron chi connectivity index (χ3n) is 1.84. The molecule has 0 heterocycles. The third-order valence-corrected chi connectivity index (χ3v) is 1.84. The van der Waals surface area contributed by atoms with Gasteiger partial charge >= 0.3 is 6.18 Å². The number of amides is 1. The fraction of sp³-hybridized carbons (Fsp3) is 0.300. The van der Waals surface area contributed by atoms with E-state index in [1.165, 1.54) is 13.0 Å². The smallest absolute Gasteiger partial charge is 0.267 e. The number of rotatable bonds is 3. The number of nitrogens with one attached hydrogen (secondary N) is 1. The van der Waals surface area contributed by atoms with Crippen molar-refractivity contribution in [2.45, 2.75) is 13.1 Å². The SMILES string of the molecule is Cc1ccc(F)cc1C(=O)NOCC(F)(F)F. The molecule has 7 heteroatoms.